The molecular formula is C22H24N2O2S. The minimum atomic E-state index is -0.0569. The van der Waals surface area contributed by atoms with Gasteiger partial charge < -0.3 is 14.2 Å². The average Bonchev–Trinajstić information content (AvgIpc) is 3.32. The fourth-order valence-electron chi connectivity index (χ4n) is 3.69. The van der Waals surface area contributed by atoms with Crippen LogP contribution in [0.3, 0.4) is 0 Å². The maximum absolute atomic E-state index is 13.2. The molecule has 1 aliphatic rings. The Morgan fingerprint density at radius 2 is 2.00 bits per heavy atom. The number of thiophene rings is 1. The van der Waals surface area contributed by atoms with Gasteiger partial charge in [0.1, 0.15) is 6.10 Å². The molecule has 3 heterocycles. The fourth-order valence-corrected chi connectivity index (χ4v) is 4.39. The number of carbonyl (C=O) groups excluding carboxylic acids is 1. The number of carbonyl (C=O) groups is 1. The van der Waals surface area contributed by atoms with Gasteiger partial charge in [-0.25, -0.2) is 0 Å². The highest BCUT2D eigenvalue weighted by atomic mass is 32.1. The summed E-state index contributed by atoms with van der Waals surface area (Å²) in [6, 6.07) is 16.4. The van der Waals surface area contributed by atoms with Crippen molar-refractivity contribution in [2.75, 3.05) is 19.7 Å². The lowest BCUT2D eigenvalue weighted by atomic mass is 10.1. The first-order valence-electron chi connectivity index (χ1n) is 9.28. The quantitative estimate of drug-likeness (QED) is 0.671. The van der Waals surface area contributed by atoms with E-state index >= 15 is 0 Å². The molecule has 5 heteroatoms. The molecule has 1 atom stereocenters. The minimum absolute atomic E-state index is 0.0569. The van der Waals surface area contributed by atoms with E-state index in [4.69, 9.17) is 4.74 Å². The third-order valence-electron chi connectivity index (χ3n) is 5.22. The van der Waals surface area contributed by atoms with Gasteiger partial charge >= 0.3 is 0 Å². The van der Waals surface area contributed by atoms with Gasteiger partial charge in [0.15, 0.2) is 0 Å². The topological polar surface area (TPSA) is 34.5 Å². The van der Waals surface area contributed by atoms with Crippen LogP contribution in [0.15, 0.2) is 53.9 Å². The molecule has 0 spiro atoms. The van der Waals surface area contributed by atoms with E-state index in [9.17, 15) is 4.79 Å². The minimum Gasteiger partial charge on any atom is -0.370 e. The van der Waals surface area contributed by atoms with E-state index in [1.54, 1.807) is 11.3 Å². The summed E-state index contributed by atoms with van der Waals surface area (Å²) >= 11 is 1.75. The Hall–Kier alpha value is -2.37. The highest BCUT2D eigenvalue weighted by Crippen LogP contribution is 2.25. The average molecular weight is 381 g/mol. The molecule has 27 heavy (non-hydrogen) atoms. The summed E-state index contributed by atoms with van der Waals surface area (Å²) < 4.78 is 8.14. The largest absolute Gasteiger partial charge is 0.370 e. The van der Waals surface area contributed by atoms with E-state index in [0.29, 0.717) is 19.7 Å². The summed E-state index contributed by atoms with van der Waals surface area (Å²) in [6.07, 6.45) is -0.0569. The first-order valence-corrected chi connectivity index (χ1v) is 10.2. The van der Waals surface area contributed by atoms with Crippen LogP contribution in [0.4, 0.5) is 0 Å². The zero-order chi connectivity index (χ0) is 18.8. The molecule has 4 nitrogen and oxygen atoms in total. The molecule has 0 saturated carbocycles. The molecule has 1 unspecified atom stereocenters. The number of rotatable bonds is 4. The van der Waals surface area contributed by atoms with Crippen LogP contribution in [0.1, 0.15) is 38.3 Å². The normalized spacial score (nSPS) is 17.3. The Morgan fingerprint density at radius 3 is 2.74 bits per heavy atom. The molecule has 3 aromatic rings. The number of hydrogen-bond acceptors (Lipinski definition) is 3. The van der Waals surface area contributed by atoms with Crippen LogP contribution in [0.5, 0.6) is 0 Å². The Balaban J connectivity index is 1.54. The van der Waals surface area contributed by atoms with Gasteiger partial charge in [0.05, 0.1) is 25.3 Å². The van der Waals surface area contributed by atoms with Gasteiger partial charge in [-0.3, -0.25) is 4.79 Å². The number of hydrogen-bond donors (Lipinski definition) is 0. The predicted octanol–water partition coefficient (Wildman–Crippen LogP) is 4.43. The van der Waals surface area contributed by atoms with Gasteiger partial charge in [-0.1, -0.05) is 36.4 Å². The van der Waals surface area contributed by atoms with Gasteiger partial charge in [-0.05, 0) is 36.9 Å². The van der Waals surface area contributed by atoms with Crippen molar-refractivity contribution >= 4 is 17.2 Å². The monoisotopic (exact) mass is 380 g/mol. The molecule has 1 saturated heterocycles. The number of amides is 1. The van der Waals surface area contributed by atoms with Gasteiger partial charge in [0.25, 0.3) is 5.91 Å². The van der Waals surface area contributed by atoms with Crippen molar-refractivity contribution in [3.63, 3.8) is 0 Å². The van der Waals surface area contributed by atoms with E-state index in [-0.39, 0.29) is 12.0 Å². The second kappa shape index (κ2) is 7.71. The van der Waals surface area contributed by atoms with Crippen molar-refractivity contribution in [2.45, 2.75) is 26.5 Å². The lowest BCUT2D eigenvalue weighted by Gasteiger charge is -2.33. The van der Waals surface area contributed by atoms with Crippen LogP contribution in [0, 0.1) is 13.8 Å². The molecule has 1 fully saturated rings. The zero-order valence-corrected chi connectivity index (χ0v) is 16.5. The number of morpholine rings is 1. The number of benzene rings is 1. The highest BCUT2D eigenvalue weighted by Gasteiger charge is 2.28. The molecule has 140 valence electrons. The predicted molar refractivity (Wildman–Crippen MR) is 108 cm³/mol. The Morgan fingerprint density at radius 1 is 1.19 bits per heavy atom. The zero-order valence-electron chi connectivity index (χ0n) is 15.7. The van der Waals surface area contributed by atoms with Gasteiger partial charge in [-0.2, -0.15) is 0 Å². The van der Waals surface area contributed by atoms with Crippen molar-refractivity contribution in [1.82, 2.24) is 9.47 Å². The summed E-state index contributed by atoms with van der Waals surface area (Å²) in [5.41, 5.74) is 4.08. The summed E-state index contributed by atoms with van der Waals surface area (Å²) in [6.45, 7) is 6.73. The number of nitrogens with zero attached hydrogens (tertiary/aromatic N) is 2. The van der Waals surface area contributed by atoms with E-state index in [1.807, 2.05) is 36.1 Å². The highest BCUT2D eigenvalue weighted by molar-refractivity contribution is 7.09. The van der Waals surface area contributed by atoms with Crippen molar-refractivity contribution in [3.8, 4) is 0 Å². The van der Waals surface area contributed by atoms with E-state index < -0.39 is 0 Å². The standard InChI is InChI=1S/C22H24N2O2S/c1-16-13-20(17(2)24(16)14-19-9-6-12-27-19)22(25)23-10-11-26-21(15-23)18-7-4-3-5-8-18/h3-9,12-13,21H,10-11,14-15H2,1-2H3. The summed E-state index contributed by atoms with van der Waals surface area (Å²) in [5, 5.41) is 2.09. The molecule has 0 aliphatic carbocycles. The van der Waals surface area contributed by atoms with Crippen LogP contribution in [-0.4, -0.2) is 35.1 Å². The summed E-state index contributed by atoms with van der Waals surface area (Å²) in [5.74, 6) is 0.102. The lowest BCUT2D eigenvalue weighted by Crippen LogP contribution is -2.42. The molecule has 1 amide bonds. The van der Waals surface area contributed by atoms with Crippen molar-refractivity contribution in [3.05, 3.63) is 81.3 Å². The number of ether oxygens (including phenoxy) is 1. The number of aromatic nitrogens is 1. The molecule has 0 N–H and O–H groups in total. The fraction of sp³-hybridized carbons (Fsp3) is 0.318. The smallest absolute Gasteiger partial charge is 0.255 e. The van der Waals surface area contributed by atoms with Crippen molar-refractivity contribution in [2.24, 2.45) is 0 Å². The van der Waals surface area contributed by atoms with Gasteiger partial charge in [0.2, 0.25) is 0 Å². The Labute approximate surface area is 164 Å². The second-order valence-electron chi connectivity index (χ2n) is 6.97. The molecule has 0 bridgehead atoms. The summed E-state index contributed by atoms with van der Waals surface area (Å²) in [7, 11) is 0. The van der Waals surface area contributed by atoms with Crippen LogP contribution in [0.2, 0.25) is 0 Å². The Bertz CT molecular complexity index is 915. The third kappa shape index (κ3) is 3.70. The molecule has 1 aromatic carbocycles. The van der Waals surface area contributed by atoms with Crippen molar-refractivity contribution < 1.29 is 9.53 Å². The van der Waals surface area contributed by atoms with Crippen LogP contribution >= 0.6 is 11.3 Å². The van der Waals surface area contributed by atoms with E-state index in [0.717, 1.165) is 29.1 Å². The lowest BCUT2D eigenvalue weighted by molar-refractivity contribution is -0.0228. The van der Waals surface area contributed by atoms with E-state index in [2.05, 4.69) is 41.1 Å². The SMILES string of the molecule is Cc1cc(C(=O)N2CCOC(c3ccccc3)C2)c(C)n1Cc1cccs1. The van der Waals surface area contributed by atoms with Crippen LogP contribution in [-0.2, 0) is 11.3 Å². The van der Waals surface area contributed by atoms with Crippen LogP contribution < -0.4 is 0 Å². The Kier molecular flexibility index (Phi) is 5.14. The molecule has 4 rings (SSSR count). The van der Waals surface area contributed by atoms with Gasteiger partial charge in [0, 0.05) is 22.8 Å². The third-order valence-corrected chi connectivity index (χ3v) is 6.08. The molecule has 0 radical (unpaired) electrons. The first-order chi connectivity index (χ1) is 13.1. The molecular weight excluding hydrogens is 356 g/mol. The molecule has 2 aromatic heterocycles. The molecule has 1 aliphatic heterocycles. The number of aryl methyl sites for hydroxylation is 1. The second-order valence-corrected chi connectivity index (χ2v) is 8.00. The van der Waals surface area contributed by atoms with Crippen LogP contribution in [0.25, 0.3) is 0 Å². The maximum atomic E-state index is 13.2. The first kappa shape index (κ1) is 18.0. The van der Waals surface area contributed by atoms with Crippen molar-refractivity contribution in [1.29, 1.82) is 0 Å². The summed E-state index contributed by atoms with van der Waals surface area (Å²) in [4.78, 5) is 16.5. The van der Waals surface area contributed by atoms with E-state index in [1.165, 1.54) is 4.88 Å². The van der Waals surface area contributed by atoms with Gasteiger partial charge in [-0.15, -0.1) is 11.3 Å². The maximum Gasteiger partial charge on any atom is 0.255 e.